The van der Waals surface area contributed by atoms with Crippen molar-refractivity contribution in [2.24, 2.45) is 45.6 Å². The number of hydrogen-bond donors (Lipinski definition) is 2. The van der Waals surface area contributed by atoms with Crippen molar-refractivity contribution in [2.75, 3.05) is 19.7 Å². The van der Waals surface area contributed by atoms with E-state index >= 15 is 0 Å². The highest BCUT2D eigenvalue weighted by molar-refractivity contribution is 5.87. The molecule has 0 aromatic carbocycles. The summed E-state index contributed by atoms with van der Waals surface area (Å²) in [6.45, 7) is 6.93. The van der Waals surface area contributed by atoms with Gasteiger partial charge in [-0.3, -0.25) is 4.79 Å². The molecule has 0 spiro atoms. The van der Waals surface area contributed by atoms with E-state index in [9.17, 15) is 9.90 Å². The van der Waals surface area contributed by atoms with Crippen molar-refractivity contribution < 1.29 is 14.7 Å². The summed E-state index contributed by atoms with van der Waals surface area (Å²) in [5.74, 6) is 3.17. The van der Waals surface area contributed by atoms with E-state index in [1.807, 2.05) is 0 Å². The number of nitrogens with one attached hydrogen (secondary N) is 1. The van der Waals surface area contributed by atoms with E-state index in [-0.39, 0.29) is 23.5 Å². The second-order valence-electron chi connectivity index (χ2n) is 11.2. The van der Waals surface area contributed by atoms with Crippen molar-refractivity contribution in [3.8, 4) is 0 Å². The number of carbonyl (C=O) groups excluding carboxylic acids is 1. The van der Waals surface area contributed by atoms with E-state index in [1.54, 1.807) is 0 Å². The van der Waals surface area contributed by atoms with Crippen LogP contribution in [-0.4, -0.2) is 42.4 Å². The first-order valence-corrected chi connectivity index (χ1v) is 12.0. The molecule has 4 aliphatic carbocycles. The summed E-state index contributed by atoms with van der Waals surface area (Å²) in [7, 11) is 0. The van der Waals surface area contributed by atoms with Gasteiger partial charge in [0.15, 0.2) is 0 Å². The van der Waals surface area contributed by atoms with Crippen molar-refractivity contribution in [3.63, 3.8) is 0 Å². The zero-order valence-electron chi connectivity index (χ0n) is 18.2. The molecule has 2 N–H and O–H groups in total. The Labute approximate surface area is 175 Å². The SMILES string of the molecule is C[C@]12CCC(=NO[C@@H]3CCNC3)CC1C(CO)C[C@@H]1[C@H]2CC[C@]2(C)C(=O)CC[C@@H]12. The highest BCUT2D eigenvalue weighted by Gasteiger charge is 2.61. The molecule has 5 heteroatoms. The Morgan fingerprint density at radius 2 is 2.00 bits per heavy atom. The minimum absolute atomic E-state index is 0.0885. The monoisotopic (exact) mass is 402 g/mol. The van der Waals surface area contributed by atoms with E-state index in [2.05, 4.69) is 24.3 Å². The first-order chi connectivity index (χ1) is 14.0. The predicted molar refractivity (Wildman–Crippen MR) is 112 cm³/mol. The molecular formula is C24H38N2O3. The number of fused-ring (bicyclic) bond motifs is 5. The van der Waals surface area contributed by atoms with Crippen LogP contribution >= 0.6 is 0 Å². The van der Waals surface area contributed by atoms with Crippen LogP contribution in [0.15, 0.2) is 5.16 Å². The number of carbonyl (C=O) groups is 1. The summed E-state index contributed by atoms with van der Waals surface area (Å²) in [6.07, 6.45) is 9.61. The topological polar surface area (TPSA) is 70.9 Å². The molecule has 0 amide bonds. The molecule has 2 unspecified atom stereocenters. The number of aliphatic hydroxyl groups is 1. The molecule has 4 saturated carbocycles. The Balaban J connectivity index is 1.37. The summed E-state index contributed by atoms with van der Waals surface area (Å²) in [6, 6.07) is 0. The largest absolute Gasteiger partial charge is 0.396 e. The maximum Gasteiger partial charge on any atom is 0.141 e. The lowest BCUT2D eigenvalue weighted by Crippen LogP contribution is -2.57. The lowest BCUT2D eigenvalue weighted by atomic mass is 9.43. The van der Waals surface area contributed by atoms with Gasteiger partial charge in [-0.25, -0.2) is 0 Å². The van der Waals surface area contributed by atoms with Gasteiger partial charge in [-0.1, -0.05) is 19.0 Å². The molecule has 1 aliphatic heterocycles. The molecule has 0 bridgehead atoms. The standard InChI is InChI=1S/C24H38N2O3/c1-23-8-5-16(26-29-17-7-10-25-13-17)12-21(23)15(14-27)11-18-19-3-4-22(28)24(19,2)9-6-20(18)23/h15,17-21,25,27H,3-14H2,1-2H3/t15?,17-,18+,19+,20-,21?,23-,24+/m1/s1. The van der Waals surface area contributed by atoms with Crippen molar-refractivity contribution in [2.45, 2.75) is 77.7 Å². The fourth-order valence-corrected chi connectivity index (χ4v) is 8.23. The molecule has 1 saturated heterocycles. The zero-order chi connectivity index (χ0) is 20.2. The summed E-state index contributed by atoms with van der Waals surface area (Å²) in [5.41, 5.74) is 1.37. The number of hydrogen-bond acceptors (Lipinski definition) is 5. The predicted octanol–water partition coefficient (Wildman–Crippen LogP) is 3.55. The van der Waals surface area contributed by atoms with Crippen LogP contribution in [0, 0.1) is 40.4 Å². The number of ketones is 1. The molecule has 5 nitrogen and oxygen atoms in total. The van der Waals surface area contributed by atoms with Gasteiger partial charge in [-0.05, 0) is 86.5 Å². The summed E-state index contributed by atoms with van der Waals surface area (Å²) >= 11 is 0. The summed E-state index contributed by atoms with van der Waals surface area (Å²) < 4.78 is 0. The van der Waals surface area contributed by atoms with E-state index in [1.165, 1.54) is 12.1 Å². The van der Waals surface area contributed by atoms with Gasteiger partial charge in [-0.15, -0.1) is 0 Å². The van der Waals surface area contributed by atoms with Crippen LogP contribution in [0.5, 0.6) is 0 Å². The third kappa shape index (κ3) is 3.10. The Hall–Kier alpha value is -0.940. The van der Waals surface area contributed by atoms with E-state index < -0.39 is 0 Å². The second kappa shape index (κ2) is 7.33. The van der Waals surface area contributed by atoms with Crippen LogP contribution in [0.1, 0.15) is 71.6 Å². The number of oxime groups is 1. The third-order valence-corrected chi connectivity index (χ3v) is 9.97. The van der Waals surface area contributed by atoms with Gasteiger partial charge in [0, 0.05) is 31.4 Å². The van der Waals surface area contributed by atoms with Crippen molar-refractivity contribution in [1.82, 2.24) is 5.32 Å². The molecule has 1 heterocycles. The molecule has 5 rings (SSSR count). The van der Waals surface area contributed by atoms with Gasteiger partial charge < -0.3 is 15.3 Å². The molecule has 8 atom stereocenters. The first-order valence-electron chi connectivity index (χ1n) is 12.0. The molecule has 0 aromatic heterocycles. The van der Waals surface area contributed by atoms with Crippen LogP contribution in [0.25, 0.3) is 0 Å². The molecule has 162 valence electrons. The fourth-order valence-electron chi connectivity index (χ4n) is 8.23. The van der Waals surface area contributed by atoms with Crippen LogP contribution in [0.3, 0.4) is 0 Å². The number of Topliss-reactive ketones (excluding diaryl/α,β-unsaturated/α-hetero) is 1. The van der Waals surface area contributed by atoms with Gasteiger partial charge in [0.1, 0.15) is 11.9 Å². The molecule has 0 radical (unpaired) electrons. The maximum absolute atomic E-state index is 12.7. The van der Waals surface area contributed by atoms with Crippen molar-refractivity contribution >= 4 is 11.5 Å². The molecule has 5 aliphatic rings. The lowest BCUT2D eigenvalue weighted by Gasteiger charge is -2.61. The zero-order valence-corrected chi connectivity index (χ0v) is 18.2. The van der Waals surface area contributed by atoms with Gasteiger partial charge in [0.2, 0.25) is 0 Å². The third-order valence-electron chi connectivity index (χ3n) is 9.97. The second-order valence-corrected chi connectivity index (χ2v) is 11.2. The smallest absolute Gasteiger partial charge is 0.141 e. The van der Waals surface area contributed by atoms with E-state index in [4.69, 9.17) is 4.84 Å². The Bertz CT molecular complexity index is 688. The molecule has 29 heavy (non-hydrogen) atoms. The fraction of sp³-hybridized carbons (Fsp3) is 0.917. The minimum atomic E-state index is -0.0885. The Kier molecular flexibility index (Phi) is 5.05. The van der Waals surface area contributed by atoms with E-state index in [0.29, 0.717) is 35.4 Å². The number of aliphatic hydroxyl groups excluding tert-OH is 1. The molecular weight excluding hydrogens is 364 g/mol. The highest BCUT2D eigenvalue weighted by atomic mass is 16.6. The average Bonchev–Trinajstić information content (AvgIpc) is 3.34. The highest BCUT2D eigenvalue weighted by Crippen LogP contribution is 2.66. The van der Waals surface area contributed by atoms with Gasteiger partial charge >= 0.3 is 0 Å². The molecule has 0 aromatic rings. The van der Waals surface area contributed by atoms with Gasteiger partial charge in [-0.2, -0.15) is 0 Å². The summed E-state index contributed by atoms with van der Waals surface area (Å²) in [4.78, 5) is 18.5. The van der Waals surface area contributed by atoms with Gasteiger partial charge in [0.25, 0.3) is 0 Å². The Morgan fingerprint density at radius 3 is 2.76 bits per heavy atom. The van der Waals surface area contributed by atoms with Crippen LogP contribution in [0.2, 0.25) is 0 Å². The van der Waals surface area contributed by atoms with Crippen LogP contribution < -0.4 is 5.32 Å². The maximum atomic E-state index is 12.7. The number of nitrogens with zero attached hydrogens (tertiary/aromatic N) is 1. The first kappa shape index (κ1) is 20.0. The van der Waals surface area contributed by atoms with Crippen LogP contribution in [0.4, 0.5) is 0 Å². The minimum Gasteiger partial charge on any atom is -0.396 e. The summed E-state index contributed by atoms with van der Waals surface area (Å²) in [5, 5.41) is 18.3. The average molecular weight is 403 g/mol. The van der Waals surface area contributed by atoms with Crippen molar-refractivity contribution in [3.05, 3.63) is 0 Å². The van der Waals surface area contributed by atoms with E-state index in [0.717, 1.165) is 64.5 Å². The lowest BCUT2D eigenvalue weighted by molar-refractivity contribution is -0.145. The number of rotatable bonds is 3. The molecule has 5 fully saturated rings. The normalized spacial score (nSPS) is 50.9. The van der Waals surface area contributed by atoms with Gasteiger partial charge in [0.05, 0.1) is 5.71 Å². The quantitative estimate of drug-likeness (QED) is 0.708. The van der Waals surface area contributed by atoms with Crippen molar-refractivity contribution in [1.29, 1.82) is 0 Å². The van der Waals surface area contributed by atoms with Crippen LogP contribution in [-0.2, 0) is 9.63 Å². The Morgan fingerprint density at radius 1 is 1.14 bits per heavy atom.